The van der Waals surface area contributed by atoms with Gasteiger partial charge in [0.15, 0.2) is 0 Å². The molecule has 5 nitrogen and oxygen atoms in total. The van der Waals surface area contributed by atoms with Crippen LogP contribution in [-0.4, -0.2) is 20.9 Å². The number of aryl methyl sites for hydroxylation is 1. The number of hydrogen-bond acceptors (Lipinski definition) is 4. The molecule has 0 aliphatic carbocycles. The summed E-state index contributed by atoms with van der Waals surface area (Å²) in [4.78, 5) is 12.7. The van der Waals surface area contributed by atoms with Gasteiger partial charge >= 0.3 is 0 Å². The van der Waals surface area contributed by atoms with Crippen molar-refractivity contribution in [3.05, 3.63) is 45.3 Å². The Kier molecular flexibility index (Phi) is 5.46. The third-order valence-electron chi connectivity index (χ3n) is 2.63. The molecule has 0 saturated carbocycles. The number of para-hydroxylation sites is 1. The number of benzene rings is 1. The maximum atomic E-state index is 12.0. The van der Waals surface area contributed by atoms with Gasteiger partial charge in [0.1, 0.15) is 4.21 Å². The van der Waals surface area contributed by atoms with Crippen LogP contribution in [0.4, 0.5) is 5.69 Å². The number of rotatable bonds is 5. The third-order valence-corrected chi connectivity index (χ3v) is 6.15. The fraction of sp³-hybridized carbons (Fsp3) is 0.154. The second kappa shape index (κ2) is 6.97. The Hall–Kier alpha value is -1.12. The van der Waals surface area contributed by atoms with Crippen LogP contribution in [0.2, 0.25) is 10.0 Å². The van der Waals surface area contributed by atoms with Gasteiger partial charge in [-0.3, -0.25) is 4.79 Å². The Balaban J connectivity index is 2.01. The van der Waals surface area contributed by atoms with Crippen LogP contribution >= 0.6 is 34.5 Å². The van der Waals surface area contributed by atoms with E-state index in [-0.39, 0.29) is 19.9 Å². The predicted octanol–water partition coefficient (Wildman–Crippen LogP) is 3.28. The summed E-state index contributed by atoms with van der Waals surface area (Å²) in [6.45, 7) is 1.39. The molecule has 0 saturated heterocycles. The van der Waals surface area contributed by atoms with Crippen molar-refractivity contribution in [2.45, 2.75) is 11.1 Å². The summed E-state index contributed by atoms with van der Waals surface area (Å²) in [7, 11) is -3.71. The Morgan fingerprint density at radius 3 is 2.36 bits per heavy atom. The number of hydrogen-bond donors (Lipinski definition) is 2. The van der Waals surface area contributed by atoms with Crippen LogP contribution in [0.15, 0.2) is 34.5 Å². The van der Waals surface area contributed by atoms with Crippen molar-refractivity contribution < 1.29 is 13.2 Å². The zero-order chi connectivity index (χ0) is 16.3. The van der Waals surface area contributed by atoms with E-state index >= 15 is 0 Å². The van der Waals surface area contributed by atoms with E-state index in [4.69, 9.17) is 23.2 Å². The molecule has 1 heterocycles. The molecule has 1 amide bonds. The minimum Gasteiger partial charge on any atom is -0.322 e. The standard InChI is InChI=1S/C13H12Cl2N2O3S2/c1-8-5-6-12(21-8)22(19,20)16-7-11(18)17-13-9(14)3-2-4-10(13)15/h2-6,16H,7H2,1H3,(H,17,18). The van der Waals surface area contributed by atoms with Crippen molar-refractivity contribution in [1.82, 2.24) is 4.72 Å². The highest BCUT2D eigenvalue weighted by Crippen LogP contribution is 2.29. The second-order valence-electron chi connectivity index (χ2n) is 4.33. The average Bonchev–Trinajstić information content (AvgIpc) is 2.88. The van der Waals surface area contributed by atoms with E-state index in [1.807, 2.05) is 0 Å². The lowest BCUT2D eigenvalue weighted by Gasteiger charge is -2.09. The van der Waals surface area contributed by atoms with Crippen LogP contribution < -0.4 is 10.0 Å². The molecular weight excluding hydrogens is 367 g/mol. The summed E-state index contributed by atoms with van der Waals surface area (Å²) >= 11 is 13.0. The van der Waals surface area contributed by atoms with Crippen molar-refractivity contribution >= 4 is 56.2 Å². The van der Waals surface area contributed by atoms with Gasteiger partial charge in [-0.15, -0.1) is 11.3 Å². The zero-order valence-corrected chi connectivity index (χ0v) is 14.5. The van der Waals surface area contributed by atoms with Crippen molar-refractivity contribution in [2.75, 3.05) is 11.9 Å². The lowest BCUT2D eigenvalue weighted by atomic mass is 10.3. The molecule has 2 aromatic rings. The molecule has 9 heteroatoms. The van der Waals surface area contributed by atoms with Crippen molar-refractivity contribution in [3.8, 4) is 0 Å². The van der Waals surface area contributed by atoms with Gasteiger partial charge in [-0.2, -0.15) is 0 Å². The lowest BCUT2D eigenvalue weighted by Crippen LogP contribution is -2.32. The minimum absolute atomic E-state index is 0.161. The fourth-order valence-corrected chi connectivity index (χ4v) is 4.39. The number of thiophene rings is 1. The first-order valence-corrected chi connectivity index (χ1v) is 9.15. The zero-order valence-electron chi connectivity index (χ0n) is 11.4. The van der Waals surface area contributed by atoms with Crippen molar-refractivity contribution in [3.63, 3.8) is 0 Å². The SMILES string of the molecule is Cc1ccc(S(=O)(=O)NCC(=O)Nc2c(Cl)cccc2Cl)s1. The predicted molar refractivity (Wildman–Crippen MR) is 89.3 cm³/mol. The number of amides is 1. The van der Waals surface area contributed by atoms with Gasteiger partial charge < -0.3 is 5.32 Å². The summed E-state index contributed by atoms with van der Waals surface area (Å²) in [5, 5.41) is 3.03. The molecule has 1 aromatic carbocycles. The average molecular weight is 379 g/mol. The molecule has 0 aliphatic rings. The van der Waals surface area contributed by atoms with Crippen LogP contribution in [0, 0.1) is 6.92 Å². The molecule has 118 valence electrons. The molecule has 0 radical (unpaired) electrons. The molecule has 1 aromatic heterocycles. The first-order chi connectivity index (χ1) is 10.3. The summed E-state index contributed by atoms with van der Waals surface area (Å²) in [6.07, 6.45) is 0. The molecule has 0 aliphatic heterocycles. The largest absolute Gasteiger partial charge is 0.322 e. The van der Waals surface area contributed by atoms with Gasteiger partial charge in [-0.05, 0) is 31.2 Å². The molecule has 0 bridgehead atoms. The van der Waals surface area contributed by atoms with Crippen LogP contribution in [0.25, 0.3) is 0 Å². The number of carbonyl (C=O) groups is 1. The summed E-state index contributed by atoms with van der Waals surface area (Å²) in [6, 6.07) is 7.97. The Morgan fingerprint density at radius 1 is 1.18 bits per heavy atom. The maximum absolute atomic E-state index is 12.0. The minimum atomic E-state index is -3.71. The Labute approximate surface area is 142 Å². The number of nitrogens with one attached hydrogen (secondary N) is 2. The van der Waals surface area contributed by atoms with Gasteiger partial charge in [0.25, 0.3) is 10.0 Å². The van der Waals surface area contributed by atoms with E-state index in [0.717, 1.165) is 16.2 Å². The van der Waals surface area contributed by atoms with Crippen LogP contribution in [0.1, 0.15) is 4.88 Å². The van der Waals surface area contributed by atoms with Crippen LogP contribution in [0.3, 0.4) is 0 Å². The molecule has 2 rings (SSSR count). The van der Waals surface area contributed by atoms with Gasteiger partial charge in [0.2, 0.25) is 5.91 Å². The first-order valence-electron chi connectivity index (χ1n) is 6.09. The quantitative estimate of drug-likeness (QED) is 0.837. The smallest absolute Gasteiger partial charge is 0.250 e. The van der Waals surface area contributed by atoms with Gasteiger partial charge in [-0.1, -0.05) is 29.3 Å². The van der Waals surface area contributed by atoms with E-state index in [1.54, 1.807) is 31.2 Å². The molecule has 22 heavy (non-hydrogen) atoms. The summed E-state index contributed by atoms with van der Waals surface area (Å²) < 4.78 is 26.4. The normalized spacial score (nSPS) is 11.4. The number of halogens is 2. The Bertz CT molecular complexity index is 783. The molecule has 0 spiro atoms. The highest BCUT2D eigenvalue weighted by Gasteiger charge is 2.18. The van der Waals surface area contributed by atoms with E-state index in [9.17, 15) is 13.2 Å². The molecule has 0 atom stereocenters. The highest BCUT2D eigenvalue weighted by molar-refractivity contribution is 7.91. The van der Waals surface area contributed by atoms with E-state index in [2.05, 4.69) is 10.0 Å². The van der Waals surface area contributed by atoms with Gasteiger partial charge in [0.05, 0.1) is 22.3 Å². The van der Waals surface area contributed by atoms with E-state index in [0.29, 0.717) is 0 Å². The Morgan fingerprint density at radius 2 is 1.82 bits per heavy atom. The summed E-state index contributed by atoms with van der Waals surface area (Å²) in [5.74, 6) is -0.563. The third kappa shape index (κ3) is 4.21. The second-order valence-corrected chi connectivity index (χ2v) is 8.43. The molecule has 2 N–H and O–H groups in total. The number of carbonyl (C=O) groups excluding carboxylic acids is 1. The number of anilines is 1. The van der Waals surface area contributed by atoms with Crippen LogP contribution in [-0.2, 0) is 14.8 Å². The van der Waals surface area contributed by atoms with Crippen molar-refractivity contribution in [1.29, 1.82) is 0 Å². The molecule has 0 unspecified atom stereocenters. The van der Waals surface area contributed by atoms with Gasteiger partial charge in [-0.25, -0.2) is 13.1 Å². The summed E-state index contributed by atoms with van der Waals surface area (Å²) in [5.41, 5.74) is 0.252. The lowest BCUT2D eigenvalue weighted by molar-refractivity contribution is -0.115. The highest BCUT2D eigenvalue weighted by atomic mass is 35.5. The topological polar surface area (TPSA) is 75.3 Å². The molecule has 0 fully saturated rings. The van der Waals surface area contributed by atoms with Crippen molar-refractivity contribution in [2.24, 2.45) is 0 Å². The van der Waals surface area contributed by atoms with E-state index in [1.165, 1.54) is 6.07 Å². The van der Waals surface area contributed by atoms with Gasteiger partial charge in [0, 0.05) is 4.88 Å². The maximum Gasteiger partial charge on any atom is 0.250 e. The first kappa shape index (κ1) is 17.2. The monoisotopic (exact) mass is 378 g/mol. The van der Waals surface area contributed by atoms with Crippen LogP contribution in [0.5, 0.6) is 0 Å². The number of sulfonamides is 1. The molecular formula is C13H12Cl2N2O3S2. The fourth-order valence-electron chi connectivity index (χ4n) is 1.59. The van der Waals surface area contributed by atoms with E-state index < -0.39 is 22.5 Å².